The number of aryl methyl sites for hydroxylation is 1. The molecule has 0 aliphatic rings. The van der Waals surface area contributed by atoms with Gasteiger partial charge in [-0.3, -0.25) is 4.68 Å². The Morgan fingerprint density at radius 2 is 2.43 bits per heavy atom. The molecule has 0 aliphatic heterocycles. The zero-order valence-electron chi connectivity index (χ0n) is 8.63. The first kappa shape index (κ1) is 11.5. The second kappa shape index (κ2) is 5.37. The van der Waals surface area contributed by atoms with Crippen LogP contribution in [0.1, 0.15) is 24.9 Å². The van der Waals surface area contributed by atoms with Crippen LogP contribution < -0.4 is 5.32 Å². The second-order valence-corrected chi connectivity index (χ2v) is 4.01. The molecular weight excluding hydrogens is 289 g/mol. The highest BCUT2D eigenvalue weighted by Gasteiger charge is 2.14. The molecule has 0 bridgehead atoms. The Morgan fingerprint density at radius 1 is 1.71 bits per heavy atom. The average molecular weight is 303 g/mol. The summed E-state index contributed by atoms with van der Waals surface area (Å²) in [6, 6.07) is 0.281. The van der Waals surface area contributed by atoms with Gasteiger partial charge in [-0.1, -0.05) is 0 Å². The molecule has 1 aromatic heterocycles. The van der Waals surface area contributed by atoms with Crippen LogP contribution in [0.5, 0.6) is 0 Å². The van der Waals surface area contributed by atoms with Gasteiger partial charge in [0.25, 0.3) is 0 Å². The topological polar surface area (TPSA) is 29.9 Å². The van der Waals surface area contributed by atoms with Gasteiger partial charge >= 0.3 is 0 Å². The molecule has 1 atom stereocenters. The van der Waals surface area contributed by atoms with Crippen molar-refractivity contribution >= 4 is 22.6 Å². The number of hydrogen-bond donors (Lipinski definition) is 1. The Bertz CT molecular complexity index is 359. The van der Waals surface area contributed by atoms with Gasteiger partial charge in [0.1, 0.15) is 3.70 Å². The lowest BCUT2D eigenvalue weighted by molar-refractivity contribution is 0.606. The van der Waals surface area contributed by atoms with Crippen molar-refractivity contribution in [3.8, 4) is 11.8 Å². The van der Waals surface area contributed by atoms with E-state index in [-0.39, 0.29) is 6.04 Å². The third-order valence-electron chi connectivity index (χ3n) is 2.10. The van der Waals surface area contributed by atoms with Crippen molar-refractivity contribution in [2.45, 2.75) is 19.4 Å². The number of nitrogens with one attached hydrogen (secondary N) is 1. The van der Waals surface area contributed by atoms with E-state index in [9.17, 15) is 0 Å². The van der Waals surface area contributed by atoms with E-state index in [0.717, 1.165) is 6.42 Å². The van der Waals surface area contributed by atoms with Crippen molar-refractivity contribution in [2.24, 2.45) is 7.05 Å². The summed E-state index contributed by atoms with van der Waals surface area (Å²) in [5, 5.41) is 7.46. The molecule has 0 saturated heterocycles. The minimum Gasteiger partial charge on any atom is -0.312 e. The highest BCUT2D eigenvalue weighted by Crippen LogP contribution is 2.21. The monoisotopic (exact) mass is 303 g/mol. The van der Waals surface area contributed by atoms with Gasteiger partial charge in [-0.15, -0.1) is 11.8 Å². The Kier molecular flexibility index (Phi) is 4.42. The molecule has 76 valence electrons. The number of halogens is 1. The van der Waals surface area contributed by atoms with Crippen LogP contribution in [0.15, 0.2) is 6.20 Å². The van der Waals surface area contributed by atoms with Crippen molar-refractivity contribution in [1.82, 2.24) is 15.1 Å². The molecule has 0 aromatic carbocycles. The van der Waals surface area contributed by atoms with E-state index in [1.807, 2.05) is 31.9 Å². The summed E-state index contributed by atoms with van der Waals surface area (Å²) >= 11 is 2.30. The van der Waals surface area contributed by atoms with Crippen LogP contribution in [0.4, 0.5) is 0 Å². The molecule has 0 amide bonds. The minimum atomic E-state index is 0.281. The van der Waals surface area contributed by atoms with Crippen molar-refractivity contribution in [3.63, 3.8) is 0 Å². The highest BCUT2D eigenvalue weighted by atomic mass is 127. The van der Waals surface area contributed by atoms with E-state index >= 15 is 0 Å². The third kappa shape index (κ3) is 2.49. The summed E-state index contributed by atoms with van der Waals surface area (Å²) < 4.78 is 3.04. The lowest BCUT2D eigenvalue weighted by Gasteiger charge is -2.11. The van der Waals surface area contributed by atoms with Crippen LogP contribution in [0.25, 0.3) is 0 Å². The summed E-state index contributed by atoms with van der Waals surface area (Å²) in [4.78, 5) is 0. The second-order valence-electron chi connectivity index (χ2n) is 2.99. The zero-order valence-corrected chi connectivity index (χ0v) is 10.8. The maximum Gasteiger partial charge on any atom is 0.103 e. The Labute approximate surface area is 98.4 Å². The zero-order chi connectivity index (χ0) is 10.6. The van der Waals surface area contributed by atoms with Gasteiger partial charge < -0.3 is 5.32 Å². The fourth-order valence-electron chi connectivity index (χ4n) is 1.24. The largest absolute Gasteiger partial charge is 0.312 e. The molecule has 0 radical (unpaired) electrons. The maximum absolute atomic E-state index is 4.21. The molecule has 0 spiro atoms. The first-order valence-corrected chi connectivity index (χ1v) is 5.52. The fraction of sp³-hybridized carbons (Fsp3) is 0.500. The SMILES string of the molecule is CC#CCC(NC)c1cnn(C)c1I. The van der Waals surface area contributed by atoms with Crippen molar-refractivity contribution in [3.05, 3.63) is 15.5 Å². The summed E-state index contributed by atoms with van der Waals surface area (Å²) in [5.41, 5.74) is 1.22. The van der Waals surface area contributed by atoms with Gasteiger partial charge in [0.15, 0.2) is 0 Å². The summed E-state index contributed by atoms with van der Waals surface area (Å²) in [7, 11) is 3.90. The first-order chi connectivity index (χ1) is 6.70. The molecule has 0 saturated carbocycles. The molecule has 1 unspecified atom stereocenters. The molecule has 3 nitrogen and oxygen atoms in total. The normalized spacial score (nSPS) is 12.0. The van der Waals surface area contributed by atoms with E-state index in [0.29, 0.717) is 0 Å². The van der Waals surface area contributed by atoms with Crippen LogP contribution in [-0.4, -0.2) is 16.8 Å². The molecule has 1 N–H and O–H groups in total. The van der Waals surface area contributed by atoms with Gasteiger partial charge in [0.05, 0.1) is 6.20 Å². The molecular formula is C10H14IN3. The number of hydrogen-bond acceptors (Lipinski definition) is 2. The molecule has 0 aliphatic carbocycles. The van der Waals surface area contributed by atoms with E-state index in [1.54, 1.807) is 0 Å². The van der Waals surface area contributed by atoms with Gasteiger partial charge in [0, 0.05) is 25.1 Å². The van der Waals surface area contributed by atoms with Gasteiger partial charge in [0.2, 0.25) is 0 Å². The van der Waals surface area contributed by atoms with E-state index < -0.39 is 0 Å². The van der Waals surface area contributed by atoms with Crippen molar-refractivity contribution in [1.29, 1.82) is 0 Å². The van der Waals surface area contributed by atoms with E-state index in [4.69, 9.17) is 0 Å². The predicted molar refractivity (Wildman–Crippen MR) is 65.8 cm³/mol. The number of rotatable bonds is 3. The smallest absolute Gasteiger partial charge is 0.103 e. The summed E-state index contributed by atoms with van der Waals surface area (Å²) in [6.07, 6.45) is 2.73. The molecule has 1 heterocycles. The fourth-order valence-corrected chi connectivity index (χ4v) is 1.88. The van der Waals surface area contributed by atoms with Crippen LogP contribution in [-0.2, 0) is 7.05 Å². The van der Waals surface area contributed by atoms with Gasteiger partial charge in [-0.25, -0.2) is 0 Å². The molecule has 1 aromatic rings. The summed E-state index contributed by atoms with van der Waals surface area (Å²) in [6.45, 7) is 1.86. The minimum absolute atomic E-state index is 0.281. The van der Waals surface area contributed by atoms with E-state index in [2.05, 4.69) is 44.8 Å². The standard InChI is InChI=1S/C10H14IN3/c1-4-5-6-9(12-2)8-7-13-14(3)10(8)11/h7,9,12H,6H2,1-3H3. The number of aromatic nitrogens is 2. The Balaban J connectivity index is 2.87. The average Bonchev–Trinajstić information content (AvgIpc) is 2.51. The lowest BCUT2D eigenvalue weighted by Crippen LogP contribution is -2.16. The lowest BCUT2D eigenvalue weighted by atomic mass is 10.1. The molecule has 4 heteroatoms. The Morgan fingerprint density at radius 3 is 2.86 bits per heavy atom. The maximum atomic E-state index is 4.21. The molecule has 14 heavy (non-hydrogen) atoms. The predicted octanol–water partition coefficient (Wildman–Crippen LogP) is 1.70. The third-order valence-corrected chi connectivity index (χ3v) is 3.42. The highest BCUT2D eigenvalue weighted by molar-refractivity contribution is 14.1. The quantitative estimate of drug-likeness (QED) is 0.680. The number of nitrogens with zero attached hydrogens (tertiary/aromatic N) is 2. The van der Waals surface area contributed by atoms with Crippen molar-refractivity contribution < 1.29 is 0 Å². The van der Waals surface area contributed by atoms with Crippen LogP contribution in [0.2, 0.25) is 0 Å². The van der Waals surface area contributed by atoms with Gasteiger partial charge in [-0.05, 0) is 36.6 Å². The van der Waals surface area contributed by atoms with Crippen LogP contribution in [0.3, 0.4) is 0 Å². The van der Waals surface area contributed by atoms with E-state index in [1.165, 1.54) is 9.26 Å². The van der Waals surface area contributed by atoms with Crippen LogP contribution >= 0.6 is 22.6 Å². The first-order valence-electron chi connectivity index (χ1n) is 4.45. The molecule has 0 fully saturated rings. The molecule has 1 rings (SSSR count). The summed E-state index contributed by atoms with van der Waals surface area (Å²) in [5.74, 6) is 5.99. The van der Waals surface area contributed by atoms with Crippen LogP contribution in [0, 0.1) is 15.5 Å². The Hall–Kier alpha value is -0.540. The van der Waals surface area contributed by atoms with Crippen molar-refractivity contribution in [2.75, 3.05) is 7.05 Å². The van der Waals surface area contributed by atoms with Gasteiger partial charge in [-0.2, -0.15) is 5.10 Å².